The van der Waals surface area contributed by atoms with E-state index in [4.69, 9.17) is 4.42 Å². The summed E-state index contributed by atoms with van der Waals surface area (Å²) in [7, 11) is 0. The first-order valence-corrected chi connectivity index (χ1v) is 24.4. The molecule has 0 unspecified atom stereocenters. The van der Waals surface area contributed by atoms with Crippen molar-refractivity contribution >= 4 is 49.8 Å². The average Bonchev–Trinajstić information content (AvgIpc) is 4.01. The van der Waals surface area contributed by atoms with E-state index >= 15 is 0 Å². The van der Waals surface area contributed by atoms with Gasteiger partial charge in [0, 0.05) is 44.9 Å². The lowest BCUT2D eigenvalue weighted by Gasteiger charge is -2.35. The number of anilines is 3. The molecule has 2 aliphatic rings. The number of hydrogen-bond acceptors (Lipinski definition) is 2. The van der Waals surface area contributed by atoms with Crippen molar-refractivity contribution in [3.05, 3.63) is 282 Å². The molecule has 2 nitrogen and oxygen atoms in total. The normalized spacial score (nSPS) is 13.8. The Morgan fingerprint density at radius 1 is 0.343 bits per heavy atom. The van der Waals surface area contributed by atoms with Gasteiger partial charge in [-0.15, -0.1) is 0 Å². The smallest absolute Gasteiger partial charge is 0.143 e. The SMILES string of the molecule is CC1(C)c2ccccc2-c2ccc(-c3c4ccccc4cc4c3oc3cc(N(c5ccc(-c6ccccc6)cc5)c5ccc6c(c5)C(c5ccccc5)(c5ccccc5)c5ccccc5-6)ccc34)cc21. The van der Waals surface area contributed by atoms with E-state index in [0.29, 0.717) is 0 Å². The molecule has 1 aromatic heterocycles. The number of rotatable bonds is 7. The van der Waals surface area contributed by atoms with Crippen molar-refractivity contribution < 1.29 is 4.42 Å². The predicted molar refractivity (Wildman–Crippen MR) is 292 cm³/mol. The van der Waals surface area contributed by atoms with Gasteiger partial charge in [0.05, 0.1) is 5.41 Å². The monoisotopic (exact) mass is 893 g/mol. The van der Waals surface area contributed by atoms with Crippen LogP contribution < -0.4 is 4.90 Å². The molecule has 0 fully saturated rings. The fourth-order valence-corrected chi connectivity index (χ4v) is 12.3. The van der Waals surface area contributed by atoms with Crippen LogP contribution >= 0.6 is 0 Å². The van der Waals surface area contributed by atoms with Gasteiger partial charge in [0.15, 0.2) is 0 Å². The maximum absolute atomic E-state index is 7.26. The van der Waals surface area contributed by atoms with E-state index in [1.165, 1.54) is 83.1 Å². The van der Waals surface area contributed by atoms with Gasteiger partial charge in [0.2, 0.25) is 0 Å². The van der Waals surface area contributed by atoms with E-state index in [9.17, 15) is 0 Å². The Morgan fingerprint density at radius 2 is 0.871 bits per heavy atom. The Balaban J connectivity index is 0.983. The number of furan rings is 1. The van der Waals surface area contributed by atoms with Crippen LogP contribution in [0.25, 0.3) is 77.2 Å². The molecule has 0 spiro atoms. The zero-order valence-electron chi connectivity index (χ0n) is 39.0. The van der Waals surface area contributed by atoms with Gasteiger partial charge < -0.3 is 9.32 Å². The second kappa shape index (κ2) is 15.4. The minimum atomic E-state index is -0.538. The number of fused-ring (bicyclic) bond motifs is 10. The molecule has 0 aliphatic heterocycles. The molecule has 0 amide bonds. The molecule has 12 aromatic rings. The highest BCUT2D eigenvalue weighted by Gasteiger charge is 2.46. The molecule has 1 heterocycles. The molecule has 0 N–H and O–H groups in total. The van der Waals surface area contributed by atoms with Gasteiger partial charge in [0.25, 0.3) is 0 Å². The van der Waals surface area contributed by atoms with E-state index < -0.39 is 5.41 Å². The Morgan fingerprint density at radius 3 is 1.61 bits per heavy atom. The van der Waals surface area contributed by atoms with E-state index in [-0.39, 0.29) is 5.41 Å². The number of benzene rings is 11. The second-order valence-corrected chi connectivity index (χ2v) is 19.6. The van der Waals surface area contributed by atoms with Crippen LogP contribution in [0.2, 0.25) is 0 Å². The van der Waals surface area contributed by atoms with Crippen molar-refractivity contribution in [3.8, 4) is 44.5 Å². The van der Waals surface area contributed by atoms with E-state index in [1.54, 1.807) is 0 Å². The third-order valence-corrected chi connectivity index (χ3v) is 15.5. The molecule has 0 bridgehead atoms. The van der Waals surface area contributed by atoms with Gasteiger partial charge in [-0.25, -0.2) is 0 Å². The highest BCUT2D eigenvalue weighted by Crippen LogP contribution is 2.58. The minimum absolute atomic E-state index is 0.126. The van der Waals surface area contributed by atoms with Crippen molar-refractivity contribution in [1.82, 2.24) is 0 Å². The van der Waals surface area contributed by atoms with Gasteiger partial charge in [-0.3, -0.25) is 0 Å². The molecule has 0 atom stereocenters. The Labute approximate surface area is 408 Å². The van der Waals surface area contributed by atoms with Crippen LogP contribution in [0.4, 0.5) is 17.1 Å². The molecule has 2 aliphatic carbocycles. The Bertz CT molecular complexity index is 3970. The fourth-order valence-electron chi connectivity index (χ4n) is 12.3. The lowest BCUT2D eigenvalue weighted by Crippen LogP contribution is -2.28. The molecule has 14 rings (SSSR count). The van der Waals surface area contributed by atoms with E-state index in [0.717, 1.165) is 44.6 Å². The molecule has 0 radical (unpaired) electrons. The molecular formula is C68H47NO. The summed E-state index contributed by atoms with van der Waals surface area (Å²) < 4.78 is 7.26. The molecular weight excluding hydrogens is 847 g/mol. The van der Waals surface area contributed by atoms with Gasteiger partial charge in [-0.1, -0.05) is 208 Å². The van der Waals surface area contributed by atoms with Crippen molar-refractivity contribution in [2.45, 2.75) is 24.7 Å². The van der Waals surface area contributed by atoms with Crippen LogP contribution in [-0.4, -0.2) is 0 Å². The summed E-state index contributed by atoms with van der Waals surface area (Å²) in [5.74, 6) is 0. The summed E-state index contributed by atoms with van der Waals surface area (Å²) in [5, 5.41) is 4.58. The van der Waals surface area contributed by atoms with E-state index in [1.807, 2.05) is 0 Å². The van der Waals surface area contributed by atoms with Gasteiger partial charge >= 0.3 is 0 Å². The summed E-state index contributed by atoms with van der Waals surface area (Å²) in [5.41, 5.74) is 21.8. The molecule has 70 heavy (non-hydrogen) atoms. The van der Waals surface area contributed by atoms with Gasteiger partial charge in [-0.2, -0.15) is 0 Å². The van der Waals surface area contributed by atoms with Crippen LogP contribution in [-0.2, 0) is 10.8 Å². The molecule has 2 heteroatoms. The van der Waals surface area contributed by atoms with Crippen molar-refractivity contribution in [2.75, 3.05) is 4.90 Å². The topological polar surface area (TPSA) is 16.4 Å². The van der Waals surface area contributed by atoms with Crippen LogP contribution in [0.1, 0.15) is 47.2 Å². The van der Waals surface area contributed by atoms with Crippen molar-refractivity contribution in [3.63, 3.8) is 0 Å². The second-order valence-electron chi connectivity index (χ2n) is 19.6. The lowest BCUT2D eigenvalue weighted by atomic mass is 9.67. The zero-order chi connectivity index (χ0) is 46.6. The largest absolute Gasteiger partial charge is 0.455 e. The summed E-state index contributed by atoms with van der Waals surface area (Å²) in [6, 6.07) is 91.6. The quantitative estimate of drug-likeness (QED) is 0.158. The first-order valence-electron chi connectivity index (χ1n) is 24.4. The lowest BCUT2D eigenvalue weighted by molar-refractivity contribution is 0.660. The van der Waals surface area contributed by atoms with Crippen LogP contribution in [0.5, 0.6) is 0 Å². The van der Waals surface area contributed by atoms with E-state index in [2.05, 4.69) is 267 Å². The zero-order valence-corrected chi connectivity index (χ0v) is 39.0. The molecule has 330 valence electrons. The maximum Gasteiger partial charge on any atom is 0.143 e. The number of hydrogen-bond donors (Lipinski definition) is 0. The predicted octanol–water partition coefficient (Wildman–Crippen LogP) is 18.2. The Hall–Kier alpha value is -8.72. The first kappa shape index (κ1) is 40.4. The number of nitrogens with zero attached hydrogens (tertiary/aromatic N) is 1. The fraction of sp³-hybridized carbons (Fsp3) is 0.0588. The Kier molecular flexibility index (Phi) is 8.88. The third-order valence-electron chi connectivity index (χ3n) is 15.5. The van der Waals surface area contributed by atoms with Crippen molar-refractivity contribution in [1.29, 1.82) is 0 Å². The highest BCUT2D eigenvalue weighted by molar-refractivity contribution is 6.19. The summed E-state index contributed by atoms with van der Waals surface area (Å²) in [6.07, 6.45) is 0. The van der Waals surface area contributed by atoms with Crippen LogP contribution in [0.15, 0.2) is 253 Å². The van der Waals surface area contributed by atoms with Gasteiger partial charge in [-0.05, 0) is 132 Å². The molecule has 0 saturated carbocycles. The van der Waals surface area contributed by atoms with Gasteiger partial charge in [0.1, 0.15) is 11.2 Å². The molecule has 11 aromatic carbocycles. The average molecular weight is 894 g/mol. The maximum atomic E-state index is 7.26. The summed E-state index contributed by atoms with van der Waals surface area (Å²) >= 11 is 0. The molecule has 0 saturated heterocycles. The first-order chi connectivity index (χ1) is 34.5. The standard InChI is InChI=1S/C68H47NO/c1-67(2)60-28-16-14-26-54(60)56-37-32-47(41-62(56)67)65-53-25-13-12-20-46(53)40-59-58-39-36-52(43-64(58)70-66(59)65)69(50-33-30-45(31-34-50)44-18-6-3-7-19-44)51-35-38-57-55-27-15-17-29-61(55)68(63(57)42-51,48-21-8-4-9-22-48)49-23-10-5-11-24-49/h3-43H,1-2H3. The van der Waals surface area contributed by atoms with Crippen molar-refractivity contribution in [2.24, 2.45) is 0 Å². The summed E-state index contributed by atoms with van der Waals surface area (Å²) in [4.78, 5) is 2.41. The summed E-state index contributed by atoms with van der Waals surface area (Å²) in [6.45, 7) is 4.71. The van der Waals surface area contributed by atoms with Crippen LogP contribution in [0, 0.1) is 0 Å². The highest BCUT2D eigenvalue weighted by atomic mass is 16.3. The third kappa shape index (κ3) is 5.87. The minimum Gasteiger partial charge on any atom is -0.455 e. The van der Waals surface area contributed by atoms with Crippen LogP contribution in [0.3, 0.4) is 0 Å².